The van der Waals surface area contributed by atoms with E-state index in [0.29, 0.717) is 26.4 Å². The standard InChI is InChI=1S/C18H19N5O4S3/c24-23(25)14-2-1-12(28-14)13-11-19-17(29-13)15-16(21-3-7-26-8-4-21)20-18(30-15)22-5-9-27-10-6-22/h1-2,11H,3-10H2. The Morgan fingerprint density at radius 3 is 2.30 bits per heavy atom. The maximum atomic E-state index is 11.0. The number of ether oxygens (including phenoxy) is 2. The summed E-state index contributed by atoms with van der Waals surface area (Å²) in [7, 11) is 0. The highest BCUT2D eigenvalue weighted by Crippen LogP contribution is 2.45. The van der Waals surface area contributed by atoms with E-state index in [4.69, 9.17) is 14.5 Å². The number of morpholine rings is 2. The number of thiophene rings is 1. The normalized spacial score (nSPS) is 17.5. The Hall–Kier alpha value is -2.12. The van der Waals surface area contributed by atoms with Gasteiger partial charge in [-0.05, 0) is 6.07 Å². The first-order chi connectivity index (χ1) is 14.7. The summed E-state index contributed by atoms with van der Waals surface area (Å²) in [5, 5.41) is 13.0. The van der Waals surface area contributed by atoms with Gasteiger partial charge in [-0.3, -0.25) is 10.1 Å². The van der Waals surface area contributed by atoms with Crippen molar-refractivity contribution in [2.24, 2.45) is 0 Å². The number of nitro groups is 1. The smallest absolute Gasteiger partial charge is 0.324 e. The molecule has 0 unspecified atom stereocenters. The molecular formula is C18H19N5O4S3. The molecule has 2 aliphatic heterocycles. The van der Waals surface area contributed by atoms with Crippen molar-refractivity contribution in [3.8, 4) is 19.6 Å². The lowest BCUT2D eigenvalue weighted by Crippen LogP contribution is -2.37. The molecule has 0 saturated carbocycles. The first kappa shape index (κ1) is 19.8. The first-order valence-corrected chi connectivity index (χ1v) is 12.0. The van der Waals surface area contributed by atoms with Crippen molar-refractivity contribution < 1.29 is 14.4 Å². The Bertz CT molecular complexity index is 1040. The van der Waals surface area contributed by atoms with Gasteiger partial charge >= 0.3 is 5.00 Å². The summed E-state index contributed by atoms with van der Waals surface area (Å²) in [6, 6.07) is 3.33. The fourth-order valence-corrected chi connectivity index (χ4v) is 6.40. The van der Waals surface area contributed by atoms with Gasteiger partial charge in [0.05, 0.1) is 41.1 Å². The van der Waals surface area contributed by atoms with Crippen molar-refractivity contribution in [2.75, 3.05) is 62.4 Å². The molecule has 158 valence electrons. The molecule has 0 aliphatic carbocycles. The van der Waals surface area contributed by atoms with Crippen LogP contribution >= 0.6 is 34.0 Å². The van der Waals surface area contributed by atoms with Crippen LogP contribution < -0.4 is 9.80 Å². The molecule has 0 radical (unpaired) electrons. The van der Waals surface area contributed by atoms with E-state index in [2.05, 4.69) is 14.8 Å². The molecule has 3 aromatic heterocycles. The van der Waals surface area contributed by atoms with Crippen LogP contribution in [-0.2, 0) is 9.47 Å². The topological polar surface area (TPSA) is 93.9 Å². The SMILES string of the molecule is O=[N+]([O-])c1ccc(-c2cnc(-c3sc(N4CCOCC4)nc3N3CCOCC3)s2)s1. The van der Waals surface area contributed by atoms with Crippen LogP contribution in [0.3, 0.4) is 0 Å². The second-order valence-electron chi connectivity index (χ2n) is 6.77. The third-order valence-electron chi connectivity index (χ3n) is 4.90. The third kappa shape index (κ3) is 3.93. The van der Waals surface area contributed by atoms with E-state index in [9.17, 15) is 10.1 Å². The number of hydrogen-bond acceptors (Lipinski definition) is 11. The van der Waals surface area contributed by atoms with Gasteiger partial charge < -0.3 is 19.3 Å². The van der Waals surface area contributed by atoms with Crippen molar-refractivity contribution in [1.29, 1.82) is 0 Å². The Labute approximate surface area is 184 Å². The van der Waals surface area contributed by atoms with Crippen LogP contribution in [0.4, 0.5) is 16.0 Å². The highest BCUT2D eigenvalue weighted by Gasteiger charge is 2.26. The number of aromatic nitrogens is 2. The monoisotopic (exact) mass is 465 g/mol. The summed E-state index contributed by atoms with van der Waals surface area (Å²) >= 11 is 4.37. The van der Waals surface area contributed by atoms with Crippen LogP contribution in [0.5, 0.6) is 0 Å². The maximum Gasteiger partial charge on any atom is 0.324 e. The molecular weight excluding hydrogens is 446 g/mol. The summed E-state index contributed by atoms with van der Waals surface area (Å²) in [4.78, 5) is 27.6. The van der Waals surface area contributed by atoms with Gasteiger partial charge in [0.15, 0.2) is 10.9 Å². The molecule has 5 heterocycles. The molecule has 0 bridgehead atoms. The van der Waals surface area contributed by atoms with Crippen molar-refractivity contribution in [3.63, 3.8) is 0 Å². The van der Waals surface area contributed by atoms with Gasteiger partial charge in [-0.25, -0.2) is 9.97 Å². The lowest BCUT2D eigenvalue weighted by molar-refractivity contribution is -0.380. The zero-order valence-corrected chi connectivity index (χ0v) is 18.4. The van der Waals surface area contributed by atoms with Crippen LogP contribution in [0.25, 0.3) is 19.6 Å². The number of rotatable bonds is 5. The molecule has 12 heteroatoms. The van der Waals surface area contributed by atoms with Crippen LogP contribution in [0.15, 0.2) is 18.3 Å². The molecule has 5 rings (SSSR count). The van der Waals surface area contributed by atoms with Gasteiger partial charge in [0.2, 0.25) is 0 Å². The Morgan fingerprint density at radius 1 is 0.933 bits per heavy atom. The molecule has 0 atom stereocenters. The summed E-state index contributed by atoms with van der Waals surface area (Å²) in [6.07, 6.45) is 1.80. The molecule has 3 aromatic rings. The molecule has 2 saturated heterocycles. The molecule has 2 aliphatic rings. The van der Waals surface area contributed by atoms with E-state index in [1.807, 2.05) is 0 Å². The van der Waals surface area contributed by atoms with Crippen molar-refractivity contribution in [2.45, 2.75) is 0 Å². The highest BCUT2D eigenvalue weighted by atomic mass is 32.1. The van der Waals surface area contributed by atoms with Crippen LogP contribution in [0.1, 0.15) is 0 Å². The Kier molecular flexibility index (Phi) is 5.65. The minimum atomic E-state index is -0.357. The number of hydrogen-bond donors (Lipinski definition) is 0. The second-order valence-corrected chi connectivity index (χ2v) is 9.84. The highest BCUT2D eigenvalue weighted by molar-refractivity contribution is 7.27. The molecule has 0 spiro atoms. The zero-order chi connectivity index (χ0) is 20.5. The van der Waals surface area contributed by atoms with Crippen LogP contribution in [-0.4, -0.2) is 67.5 Å². The Morgan fingerprint density at radius 2 is 1.63 bits per heavy atom. The van der Waals surface area contributed by atoms with E-state index >= 15 is 0 Å². The fourth-order valence-electron chi connectivity index (χ4n) is 3.37. The first-order valence-electron chi connectivity index (χ1n) is 9.56. The van der Waals surface area contributed by atoms with Crippen molar-refractivity contribution in [1.82, 2.24) is 9.97 Å². The summed E-state index contributed by atoms with van der Waals surface area (Å²) in [5.41, 5.74) is 0. The van der Waals surface area contributed by atoms with E-state index in [0.717, 1.165) is 56.8 Å². The fraction of sp³-hybridized carbons (Fsp3) is 0.444. The third-order valence-corrected chi connectivity index (χ3v) is 8.39. The maximum absolute atomic E-state index is 11.0. The molecule has 0 amide bonds. The molecule has 0 aromatic carbocycles. The number of anilines is 2. The van der Waals surface area contributed by atoms with Crippen LogP contribution in [0.2, 0.25) is 0 Å². The van der Waals surface area contributed by atoms with Crippen LogP contribution in [0, 0.1) is 10.1 Å². The molecule has 30 heavy (non-hydrogen) atoms. The van der Waals surface area contributed by atoms with Crippen molar-refractivity contribution in [3.05, 3.63) is 28.4 Å². The number of thiazole rings is 2. The number of nitrogens with zero attached hydrogens (tertiary/aromatic N) is 5. The van der Waals surface area contributed by atoms with Crippen molar-refractivity contribution >= 4 is 50.0 Å². The van der Waals surface area contributed by atoms with Gasteiger partial charge in [0, 0.05) is 38.4 Å². The minimum absolute atomic E-state index is 0.140. The minimum Gasteiger partial charge on any atom is -0.378 e. The predicted octanol–water partition coefficient (Wildman–Crippen LogP) is 3.58. The lowest BCUT2D eigenvalue weighted by atomic mass is 10.4. The summed E-state index contributed by atoms with van der Waals surface area (Å²) < 4.78 is 11.0. The average Bonchev–Trinajstić information content (AvgIpc) is 3.53. The second kappa shape index (κ2) is 8.55. The molecule has 9 nitrogen and oxygen atoms in total. The van der Waals surface area contributed by atoms with Gasteiger partial charge in [-0.1, -0.05) is 22.7 Å². The quantitative estimate of drug-likeness (QED) is 0.417. The predicted molar refractivity (Wildman–Crippen MR) is 119 cm³/mol. The molecule has 0 N–H and O–H groups in total. The van der Waals surface area contributed by atoms with Gasteiger partial charge in [0.1, 0.15) is 9.88 Å². The Balaban J connectivity index is 1.49. The van der Waals surface area contributed by atoms with E-state index in [1.54, 1.807) is 41.0 Å². The average molecular weight is 466 g/mol. The van der Waals surface area contributed by atoms with Gasteiger partial charge in [0.25, 0.3) is 0 Å². The lowest BCUT2D eigenvalue weighted by Gasteiger charge is -2.28. The summed E-state index contributed by atoms with van der Waals surface area (Å²) in [6.45, 7) is 6.05. The van der Waals surface area contributed by atoms with Gasteiger partial charge in [-0.15, -0.1) is 11.3 Å². The largest absolute Gasteiger partial charge is 0.378 e. The van der Waals surface area contributed by atoms with Gasteiger partial charge in [-0.2, -0.15) is 0 Å². The summed E-state index contributed by atoms with van der Waals surface area (Å²) in [5.74, 6) is 0.947. The zero-order valence-electron chi connectivity index (χ0n) is 16.0. The van der Waals surface area contributed by atoms with E-state index in [1.165, 1.54) is 11.3 Å². The molecule has 2 fully saturated rings. The van der Waals surface area contributed by atoms with E-state index < -0.39 is 0 Å². The van der Waals surface area contributed by atoms with E-state index in [-0.39, 0.29) is 9.92 Å².